The fourth-order valence-corrected chi connectivity index (χ4v) is 5.05. The minimum atomic E-state index is -0.877. The molecule has 1 aromatic carbocycles. The quantitative estimate of drug-likeness (QED) is 0.271. The summed E-state index contributed by atoms with van der Waals surface area (Å²) in [6.45, 7) is 0.00759. The molecule has 1 fully saturated rings. The van der Waals surface area contributed by atoms with Gasteiger partial charge in [-0.15, -0.1) is 0 Å². The number of nitrogens with one attached hydrogen (secondary N) is 2. The van der Waals surface area contributed by atoms with E-state index in [0.29, 0.717) is 38.7 Å². The average molecular weight is 558 g/mol. The molecule has 8 nitrogen and oxygen atoms in total. The van der Waals surface area contributed by atoms with Gasteiger partial charge in [-0.1, -0.05) is 19.3 Å². The van der Waals surface area contributed by atoms with Crippen molar-refractivity contribution in [2.24, 2.45) is 0 Å². The number of carbonyl (C=O) groups excluding carboxylic acids is 2. The van der Waals surface area contributed by atoms with E-state index in [1.807, 2.05) is 0 Å². The molecule has 0 aromatic heterocycles. The number of aliphatic hydroxyl groups excluding tert-OH is 2. The number of amides is 1. The highest BCUT2D eigenvalue weighted by molar-refractivity contribution is 14.1. The lowest BCUT2D eigenvalue weighted by atomic mass is 9.87. The highest BCUT2D eigenvalue weighted by Gasteiger charge is 2.37. The third-order valence-corrected chi connectivity index (χ3v) is 6.74. The molecule has 1 aromatic rings. The Hall–Kier alpha value is -1.69. The lowest BCUT2D eigenvalue weighted by Crippen LogP contribution is -2.54. The summed E-state index contributed by atoms with van der Waals surface area (Å²) in [6, 6.07) is 3.21. The maximum Gasteiger partial charge on any atom is 0.247 e. The van der Waals surface area contributed by atoms with Crippen molar-refractivity contribution in [1.29, 1.82) is 0 Å². The molecule has 1 saturated carbocycles. The van der Waals surface area contributed by atoms with E-state index in [-0.39, 0.29) is 25.1 Å². The molecule has 2 aliphatic carbocycles. The second kappa shape index (κ2) is 12.0. The molecule has 176 valence electrons. The number of methoxy groups -OCH3 is 1. The SMILES string of the molecule is COc1cc(C=O)cc(I)c1OC1C=C(C(=O)NCCO)CC(NC2CCCCC2)C1O. The Kier molecular flexibility index (Phi) is 9.33. The van der Waals surface area contributed by atoms with Gasteiger partial charge < -0.3 is 30.3 Å². The topological polar surface area (TPSA) is 117 Å². The van der Waals surface area contributed by atoms with Gasteiger partial charge in [-0.2, -0.15) is 0 Å². The Morgan fingerprint density at radius 2 is 2.03 bits per heavy atom. The third kappa shape index (κ3) is 6.21. The van der Waals surface area contributed by atoms with Crippen LogP contribution in [-0.2, 0) is 4.79 Å². The number of ether oxygens (including phenoxy) is 2. The lowest BCUT2D eigenvalue weighted by Gasteiger charge is -2.37. The molecule has 3 unspecified atom stereocenters. The van der Waals surface area contributed by atoms with Gasteiger partial charge in [0.05, 0.1) is 17.3 Å². The minimum absolute atomic E-state index is 0.149. The molecule has 2 aliphatic rings. The van der Waals surface area contributed by atoms with E-state index in [1.54, 1.807) is 18.2 Å². The van der Waals surface area contributed by atoms with Crippen molar-refractivity contribution in [2.75, 3.05) is 20.3 Å². The summed E-state index contributed by atoms with van der Waals surface area (Å²) in [7, 11) is 1.49. The summed E-state index contributed by atoms with van der Waals surface area (Å²) in [6.07, 6.45) is 6.69. The van der Waals surface area contributed by atoms with Gasteiger partial charge in [0, 0.05) is 29.8 Å². The molecule has 4 N–H and O–H groups in total. The Morgan fingerprint density at radius 3 is 2.69 bits per heavy atom. The highest BCUT2D eigenvalue weighted by Crippen LogP contribution is 2.36. The fourth-order valence-electron chi connectivity index (χ4n) is 4.29. The predicted molar refractivity (Wildman–Crippen MR) is 128 cm³/mol. The van der Waals surface area contributed by atoms with E-state index in [1.165, 1.54) is 13.5 Å². The second-order valence-electron chi connectivity index (χ2n) is 8.21. The zero-order valence-corrected chi connectivity index (χ0v) is 20.3. The first kappa shape index (κ1) is 24.9. The van der Waals surface area contributed by atoms with E-state index in [0.717, 1.165) is 32.0 Å². The summed E-state index contributed by atoms with van der Waals surface area (Å²) < 4.78 is 12.3. The first-order valence-corrected chi connectivity index (χ1v) is 12.1. The van der Waals surface area contributed by atoms with Crippen LogP contribution in [0.4, 0.5) is 0 Å². The number of aliphatic hydroxyl groups is 2. The number of halogens is 1. The molecule has 3 rings (SSSR count). The molecule has 0 heterocycles. The molecule has 32 heavy (non-hydrogen) atoms. The summed E-state index contributed by atoms with van der Waals surface area (Å²) in [4.78, 5) is 23.8. The maximum atomic E-state index is 12.7. The van der Waals surface area contributed by atoms with Crippen LogP contribution in [0, 0.1) is 3.57 Å². The van der Waals surface area contributed by atoms with E-state index < -0.39 is 12.2 Å². The third-order valence-electron chi connectivity index (χ3n) is 5.94. The van der Waals surface area contributed by atoms with E-state index >= 15 is 0 Å². The number of aldehydes is 1. The van der Waals surface area contributed by atoms with E-state index in [4.69, 9.17) is 14.6 Å². The van der Waals surface area contributed by atoms with Gasteiger partial charge in [-0.25, -0.2) is 0 Å². The maximum absolute atomic E-state index is 12.7. The van der Waals surface area contributed by atoms with Crippen LogP contribution in [0.15, 0.2) is 23.8 Å². The van der Waals surface area contributed by atoms with E-state index in [9.17, 15) is 14.7 Å². The molecular formula is C23H31IN2O6. The molecule has 0 aliphatic heterocycles. The monoisotopic (exact) mass is 558 g/mol. The normalized spacial score (nSPS) is 23.9. The lowest BCUT2D eigenvalue weighted by molar-refractivity contribution is -0.118. The van der Waals surface area contributed by atoms with Gasteiger partial charge >= 0.3 is 0 Å². The standard InChI is InChI=1S/C23H31IN2O6/c1-31-20-10-14(13-28)9-17(24)22(20)32-19-12-15(23(30)25-7-8-27)11-18(21(19)29)26-16-5-3-2-4-6-16/h9-10,12-13,16,18-19,21,26-27,29H,2-8,11H2,1H3,(H,25,30). The molecule has 0 spiro atoms. The largest absolute Gasteiger partial charge is 0.493 e. The predicted octanol–water partition coefficient (Wildman–Crippen LogP) is 1.95. The van der Waals surface area contributed by atoms with Crippen molar-refractivity contribution in [3.8, 4) is 11.5 Å². The number of benzene rings is 1. The smallest absolute Gasteiger partial charge is 0.247 e. The zero-order chi connectivity index (χ0) is 23.1. The van der Waals surface area contributed by atoms with Crippen LogP contribution in [0.25, 0.3) is 0 Å². The van der Waals surface area contributed by atoms with Gasteiger partial charge in [-0.3, -0.25) is 9.59 Å². The molecule has 3 atom stereocenters. The van der Waals surface area contributed by atoms with Gasteiger partial charge in [0.1, 0.15) is 18.5 Å². The Labute approximate surface area is 201 Å². The molecule has 0 radical (unpaired) electrons. The van der Waals surface area contributed by atoms with Gasteiger partial charge in [0.2, 0.25) is 5.91 Å². The van der Waals surface area contributed by atoms with Crippen molar-refractivity contribution >= 4 is 34.8 Å². The zero-order valence-electron chi connectivity index (χ0n) is 18.2. The van der Waals surface area contributed by atoms with Crippen LogP contribution >= 0.6 is 22.6 Å². The van der Waals surface area contributed by atoms with Gasteiger partial charge in [0.15, 0.2) is 11.5 Å². The van der Waals surface area contributed by atoms with Crippen LogP contribution in [0.3, 0.4) is 0 Å². The Morgan fingerprint density at radius 1 is 1.28 bits per heavy atom. The Bertz CT molecular complexity index is 840. The average Bonchev–Trinajstić information content (AvgIpc) is 2.81. The minimum Gasteiger partial charge on any atom is -0.493 e. The van der Waals surface area contributed by atoms with Crippen molar-refractivity contribution in [1.82, 2.24) is 10.6 Å². The summed E-state index contributed by atoms with van der Waals surface area (Å²) in [5.74, 6) is 0.508. The fraction of sp³-hybridized carbons (Fsp3) is 0.565. The number of hydrogen-bond acceptors (Lipinski definition) is 7. The first-order chi connectivity index (χ1) is 15.5. The summed E-state index contributed by atoms with van der Waals surface area (Å²) in [5.41, 5.74) is 0.958. The summed E-state index contributed by atoms with van der Waals surface area (Å²) >= 11 is 2.06. The number of carbonyl (C=O) groups is 2. The van der Waals surface area contributed by atoms with Crippen LogP contribution in [-0.4, -0.2) is 67.0 Å². The Balaban J connectivity index is 1.87. The summed E-state index contributed by atoms with van der Waals surface area (Å²) in [5, 5.41) is 26.4. The van der Waals surface area contributed by atoms with Crippen LogP contribution in [0.5, 0.6) is 11.5 Å². The van der Waals surface area contributed by atoms with E-state index in [2.05, 4.69) is 33.2 Å². The van der Waals surface area contributed by atoms with Crippen LogP contribution in [0.2, 0.25) is 0 Å². The van der Waals surface area contributed by atoms with Crippen molar-refractivity contribution in [2.45, 2.75) is 62.8 Å². The van der Waals surface area contributed by atoms with Gasteiger partial charge in [0.25, 0.3) is 0 Å². The number of hydrogen-bond donors (Lipinski definition) is 4. The molecule has 0 bridgehead atoms. The highest BCUT2D eigenvalue weighted by atomic mass is 127. The second-order valence-corrected chi connectivity index (χ2v) is 9.37. The van der Waals surface area contributed by atoms with Crippen LogP contribution < -0.4 is 20.1 Å². The molecule has 0 saturated heterocycles. The molecule has 1 amide bonds. The van der Waals surface area contributed by atoms with Crippen molar-refractivity contribution < 1.29 is 29.3 Å². The van der Waals surface area contributed by atoms with Gasteiger partial charge in [-0.05, 0) is 60.1 Å². The molecular weight excluding hydrogens is 527 g/mol. The number of rotatable bonds is 9. The van der Waals surface area contributed by atoms with Crippen LogP contribution in [0.1, 0.15) is 48.9 Å². The first-order valence-electron chi connectivity index (χ1n) is 11.0. The molecule has 9 heteroatoms. The van der Waals surface area contributed by atoms with Crippen molar-refractivity contribution in [3.63, 3.8) is 0 Å². The van der Waals surface area contributed by atoms with Crippen molar-refractivity contribution in [3.05, 3.63) is 32.9 Å².